The minimum absolute atomic E-state index is 0.0406. The molecule has 5 heteroatoms. The predicted molar refractivity (Wildman–Crippen MR) is 99.6 cm³/mol. The van der Waals surface area contributed by atoms with Gasteiger partial charge in [0, 0.05) is 36.3 Å². The van der Waals surface area contributed by atoms with Crippen molar-refractivity contribution in [1.82, 2.24) is 4.90 Å². The Bertz CT molecular complexity index is 712. The van der Waals surface area contributed by atoms with Gasteiger partial charge in [-0.25, -0.2) is 0 Å². The van der Waals surface area contributed by atoms with Crippen molar-refractivity contribution in [2.24, 2.45) is 0 Å². The van der Waals surface area contributed by atoms with E-state index in [9.17, 15) is 4.79 Å². The Morgan fingerprint density at radius 3 is 2.54 bits per heavy atom. The van der Waals surface area contributed by atoms with Crippen LogP contribution in [0, 0.1) is 6.92 Å². The number of carbonyl (C=O) groups is 1. The van der Waals surface area contributed by atoms with E-state index in [2.05, 4.69) is 52.0 Å². The van der Waals surface area contributed by atoms with Crippen LogP contribution in [0.4, 0.5) is 5.69 Å². The molecule has 1 aliphatic rings. The largest absolute Gasteiger partial charge is 0.484 e. The number of halogens is 1. The molecular formula is C19H21BrN2O2. The minimum Gasteiger partial charge on any atom is -0.484 e. The van der Waals surface area contributed by atoms with Crippen LogP contribution in [0.5, 0.6) is 5.75 Å². The van der Waals surface area contributed by atoms with Crippen molar-refractivity contribution in [3.63, 3.8) is 0 Å². The lowest BCUT2D eigenvalue weighted by Crippen LogP contribution is -2.50. The van der Waals surface area contributed by atoms with Gasteiger partial charge in [-0.3, -0.25) is 4.79 Å². The molecule has 3 rings (SSSR count). The van der Waals surface area contributed by atoms with E-state index in [1.807, 2.05) is 29.2 Å². The highest BCUT2D eigenvalue weighted by Gasteiger charge is 2.21. The molecule has 2 aromatic rings. The van der Waals surface area contributed by atoms with Crippen molar-refractivity contribution in [2.75, 3.05) is 37.7 Å². The molecule has 0 aromatic heterocycles. The standard InChI is InChI=1S/C19H21BrN2O2/c1-15-4-2-6-17(12-15)21-8-10-22(11-9-21)19(23)14-24-18-7-3-5-16(20)13-18/h2-7,12-13H,8-11,14H2,1H3. The van der Waals surface area contributed by atoms with Gasteiger partial charge in [-0.05, 0) is 42.8 Å². The van der Waals surface area contributed by atoms with Gasteiger partial charge in [0.05, 0.1) is 0 Å². The highest BCUT2D eigenvalue weighted by atomic mass is 79.9. The number of ether oxygens (including phenoxy) is 1. The Morgan fingerprint density at radius 1 is 1.08 bits per heavy atom. The van der Waals surface area contributed by atoms with E-state index in [0.717, 1.165) is 30.7 Å². The maximum Gasteiger partial charge on any atom is 0.260 e. The summed E-state index contributed by atoms with van der Waals surface area (Å²) >= 11 is 3.40. The lowest BCUT2D eigenvalue weighted by Gasteiger charge is -2.36. The molecule has 0 atom stereocenters. The zero-order valence-electron chi connectivity index (χ0n) is 13.7. The van der Waals surface area contributed by atoms with Crippen LogP contribution in [-0.2, 0) is 4.79 Å². The van der Waals surface area contributed by atoms with Crippen molar-refractivity contribution < 1.29 is 9.53 Å². The van der Waals surface area contributed by atoms with Gasteiger partial charge in [0.15, 0.2) is 6.61 Å². The number of hydrogen-bond donors (Lipinski definition) is 0. The molecular weight excluding hydrogens is 368 g/mol. The fourth-order valence-electron chi connectivity index (χ4n) is 2.83. The lowest BCUT2D eigenvalue weighted by molar-refractivity contribution is -0.133. The molecule has 24 heavy (non-hydrogen) atoms. The van der Waals surface area contributed by atoms with Gasteiger partial charge in [0.25, 0.3) is 5.91 Å². The number of hydrogen-bond acceptors (Lipinski definition) is 3. The summed E-state index contributed by atoms with van der Waals surface area (Å²) in [5, 5.41) is 0. The minimum atomic E-state index is 0.0406. The Balaban J connectivity index is 1.50. The van der Waals surface area contributed by atoms with Crippen molar-refractivity contribution in [2.45, 2.75) is 6.92 Å². The first-order valence-electron chi connectivity index (χ1n) is 8.09. The molecule has 4 nitrogen and oxygen atoms in total. The Labute approximate surface area is 151 Å². The van der Waals surface area contributed by atoms with Crippen LogP contribution in [0.3, 0.4) is 0 Å². The van der Waals surface area contributed by atoms with Crippen molar-refractivity contribution >= 4 is 27.5 Å². The second-order valence-corrected chi connectivity index (χ2v) is 6.87. The molecule has 2 aromatic carbocycles. The van der Waals surface area contributed by atoms with Gasteiger partial charge >= 0.3 is 0 Å². The quantitative estimate of drug-likeness (QED) is 0.803. The maximum absolute atomic E-state index is 12.3. The summed E-state index contributed by atoms with van der Waals surface area (Å²) < 4.78 is 6.54. The summed E-state index contributed by atoms with van der Waals surface area (Å²) in [5.74, 6) is 0.745. The zero-order valence-corrected chi connectivity index (χ0v) is 15.3. The summed E-state index contributed by atoms with van der Waals surface area (Å²) in [4.78, 5) is 16.5. The first-order valence-corrected chi connectivity index (χ1v) is 8.89. The molecule has 0 spiro atoms. The fraction of sp³-hybridized carbons (Fsp3) is 0.316. The lowest BCUT2D eigenvalue weighted by atomic mass is 10.2. The van der Waals surface area contributed by atoms with Crippen molar-refractivity contribution in [1.29, 1.82) is 0 Å². The highest BCUT2D eigenvalue weighted by molar-refractivity contribution is 9.10. The SMILES string of the molecule is Cc1cccc(N2CCN(C(=O)COc3cccc(Br)c3)CC2)c1. The third-order valence-electron chi connectivity index (χ3n) is 4.16. The highest BCUT2D eigenvalue weighted by Crippen LogP contribution is 2.19. The predicted octanol–water partition coefficient (Wildman–Crippen LogP) is 3.49. The summed E-state index contributed by atoms with van der Waals surface area (Å²) in [5.41, 5.74) is 2.49. The molecule has 1 heterocycles. The van der Waals surface area contributed by atoms with E-state index >= 15 is 0 Å². The van der Waals surface area contributed by atoms with Crippen LogP contribution in [0.15, 0.2) is 53.0 Å². The zero-order chi connectivity index (χ0) is 16.9. The Hall–Kier alpha value is -2.01. The third kappa shape index (κ3) is 4.29. The van der Waals surface area contributed by atoms with Crippen LogP contribution in [-0.4, -0.2) is 43.6 Å². The summed E-state index contributed by atoms with van der Waals surface area (Å²) in [6, 6.07) is 16.0. The number of carbonyl (C=O) groups excluding carboxylic acids is 1. The molecule has 0 saturated carbocycles. The molecule has 126 valence electrons. The molecule has 0 radical (unpaired) electrons. The van der Waals surface area contributed by atoms with Crippen molar-refractivity contribution in [3.05, 3.63) is 58.6 Å². The van der Waals surface area contributed by atoms with Crippen LogP contribution in [0.25, 0.3) is 0 Å². The number of piperazine rings is 1. The molecule has 1 amide bonds. The first kappa shape index (κ1) is 16.8. The van der Waals surface area contributed by atoms with Crippen LogP contribution in [0.2, 0.25) is 0 Å². The number of nitrogens with zero attached hydrogens (tertiary/aromatic N) is 2. The topological polar surface area (TPSA) is 32.8 Å². The Kier molecular flexibility index (Phi) is 5.41. The normalized spacial score (nSPS) is 14.6. The van der Waals surface area contributed by atoms with Crippen LogP contribution >= 0.6 is 15.9 Å². The summed E-state index contributed by atoms with van der Waals surface area (Å²) in [7, 11) is 0. The smallest absolute Gasteiger partial charge is 0.260 e. The van der Waals surface area contributed by atoms with Crippen LogP contribution < -0.4 is 9.64 Å². The fourth-order valence-corrected chi connectivity index (χ4v) is 3.21. The maximum atomic E-state index is 12.3. The van der Waals surface area contributed by atoms with E-state index < -0.39 is 0 Å². The summed E-state index contributed by atoms with van der Waals surface area (Å²) in [6.07, 6.45) is 0. The monoisotopic (exact) mass is 388 g/mol. The molecule has 0 bridgehead atoms. The second-order valence-electron chi connectivity index (χ2n) is 5.95. The van der Waals surface area contributed by atoms with E-state index in [1.165, 1.54) is 11.3 Å². The van der Waals surface area contributed by atoms with Crippen molar-refractivity contribution in [3.8, 4) is 5.75 Å². The second kappa shape index (κ2) is 7.71. The first-order chi connectivity index (χ1) is 11.6. The molecule has 1 fully saturated rings. The van der Waals surface area contributed by atoms with Gasteiger partial charge in [-0.1, -0.05) is 34.1 Å². The van der Waals surface area contributed by atoms with E-state index in [1.54, 1.807) is 0 Å². The van der Waals surface area contributed by atoms with E-state index in [-0.39, 0.29) is 12.5 Å². The molecule has 0 aliphatic carbocycles. The number of aryl methyl sites for hydroxylation is 1. The average Bonchev–Trinajstić information content (AvgIpc) is 2.60. The van der Waals surface area contributed by atoms with Gasteiger partial charge in [-0.2, -0.15) is 0 Å². The number of benzene rings is 2. The molecule has 0 N–H and O–H groups in total. The van der Waals surface area contributed by atoms with Gasteiger partial charge in [-0.15, -0.1) is 0 Å². The number of amides is 1. The van der Waals surface area contributed by atoms with Gasteiger partial charge in [0.2, 0.25) is 0 Å². The molecule has 1 saturated heterocycles. The third-order valence-corrected chi connectivity index (χ3v) is 4.65. The van der Waals surface area contributed by atoms with Gasteiger partial charge < -0.3 is 14.5 Å². The molecule has 1 aliphatic heterocycles. The Morgan fingerprint density at radius 2 is 1.83 bits per heavy atom. The summed E-state index contributed by atoms with van der Waals surface area (Å²) in [6.45, 7) is 5.35. The van der Waals surface area contributed by atoms with Gasteiger partial charge in [0.1, 0.15) is 5.75 Å². The average molecular weight is 389 g/mol. The van der Waals surface area contributed by atoms with E-state index in [4.69, 9.17) is 4.74 Å². The van der Waals surface area contributed by atoms with Crippen LogP contribution in [0.1, 0.15) is 5.56 Å². The number of anilines is 1. The molecule has 0 unspecified atom stereocenters. The van der Waals surface area contributed by atoms with E-state index in [0.29, 0.717) is 5.75 Å². The number of rotatable bonds is 4.